The molecule has 1 heteroatoms. The second-order valence-electron chi connectivity index (χ2n) is 14.1. The van der Waals surface area contributed by atoms with Crippen LogP contribution < -0.4 is 0 Å². The first-order valence-electron chi connectivity index (χ1n) is 13.6. The molecule has 1 nitrogen and oxygen atoms in total. The van der Waals surface area contributed by atoms with Gasteiger partial charge in [-0.25, -0.2) is 0 Å². The number of rotatable bonds is 2. The standard InChI is InChI=1S/C30H48O/c1-20(2)22-11-12-23-27(22,5)15-16-29(7)25-13-14-26(4)21(3)9-8-10-24(26)30(25,19-31)18-17-28(23,29)6/h9,19-20,22-25H,8,10-18H2,1-7H3/t22-,23?,24?,25?,26-,27-,28+,29-,30-/m1/s1. The van der Waals surface area contributed by atoms with E-state index >= 15 is 0 Å². The largest absolute Gasteiger partial charge is 0.303 e. The van der Waals surface area contributed by atoms with Gasteiger partial charge in [-0.2, -0.15) is 0 Å². The molecule has 0 aromatic carbocycles. The normalized spacial score (nSPS) is 56.2. The molecule has 9 atom stereocenters. The van der Waals surface area contributed by atoms with Crippen molar-refractivity contribution in [2.75, 3.05) is 0 Å². The average Bonchev–Trinajstić information content (AvgIpc) is 3.09. The lowest BCUT2D eigenvalue weighted by Gasteiger charge is -2.72. The fraction of sp³-hybridized carbons (Fsp3) is 0.900. The molecule has 0 aromatic heterocycles. The molecule has 174 valence electrons. The van der Waals surface area contributed by atoms with Crippen molar-refractivity contribution in [3.8, 4) is 0 Å². The van der Waals surface area contributed by atoms with Crippen molar-refractivity contribution in [2.24, 2.45) is 56.7 Å². The number of fused-ring (bicyclic) bond motifs is 7. The molecule has 0 spiro atoms. The number of hydrogen-bond donors (Lipinski definition) is 0. The van der Waals surface area contributed by atoms with Gasteiger partial charge in [0.1, 0.15) is 6.29 Å². The molecule has 0 N–H and O–H groups in total. The highest BCUT2D eigenvalue weighted by Gasteiger charge is 2.72. The van der Waals surface area contributed by atoms with Gasteiger partial charge < -0.3 is 4.79 Å². The third-order valence-corrected chi connectivity index (χ3v) is 13.4. The Labute approximate surface area is 192 Å². The van der Waals surface area contributed by atoms with Crippen LogP contribution in [-0.2, 0) is 4.79 Å². The molecule has 0 bridgehead atoms. The van der Waals surface area contributed by atoms with Crippen LogP contribution in [0.4, 0.5) is 0 Å². The number of carbonyl (C=O) groups is 1. The van der Waals surface area contributed by atoms with Crippen LogP contribution in [0.15, 0.2) is 11.6 Å². The van der Waals surface area contributed by atoms with Gasteiger partial charge in [0.15, 0.2) is 0 Å². The summed E-state index contributed by atoms with van der Waals surface area (Å²) in [5.74, 6) is 3.67. The van der Waals surface area contributed by atoms with Crippen molar-refractivity contribution < 1.29 is 4.79 Å². The van der Waals surface area contributed by atoms with Crippen LogP contribution in [0.2, 0.25) is 0 Å². The third kappa shape index (κ3) is 2.48. The molecule has 4 saturated carbocycles. The Morgan fingerprint density at radius 1 is 0.839 bits per heavy atom. The lowest BCUT2D eigenvalue weighted by Crippen LogP contribution is -2.67. The van der Waals surface area contributed by atoms with Crippen molar-refractivity contribution in [3.63, 3.8) is 0 Å². The van der Waals surface area contributed by atoms with Crippen molar-refractivity contribution in [2.45, 2.75) is 113 Å². The number of carbonyl (C=O) groups excluding carboxylic acids is 1. The predicted octanol–water partition coefficient (Wildman–Crippen LogP) is 8.23. The Morgan fingerprint density at radius 3 is 2.19 bits per heavy atom. The number of hydrogen-bond acceptors (Lipinski definition) is 1. The molecule has 3 unspecified atom stereocenters. The second kappa shape index (κ2) is 6.73. The molecule has 4 fully saturated rings. The fourth-order valence-electron chi connectivity index (χ4n) is 11.5. The molecule has 0 aliphatic heterocycles. The Bertz CT molecular complexity index is 794. The molecule has 5 aliphatic carbocycles. The van der Waals surface area contributed by atoms with Gasteiger partial charge in [0.05, 0.1) is 0 Å². The van der Waals surface area contributed by atoms with E-state index in [2.05, 4.69) is 54.5 Å². The molecular formula is C30H48O. The van der Waals surface area contributed by atoms with Gasteiger partial charge in [0, 0.05) is 5.41 Å². The Kier molecular flexibility index (Phi) is 4.82. The molecule has 0 radical (unpaired) electrons. The van der Waals surface area contributed by atoms with Gasteiger partial charge in [-0.15, -0.1) is 0 Å². The van der Waals surface area contributed by atoms with Crippen LogP contribution in [0.1, 0.15) is 113 Å². The van der Waals surface area contributed by atoms with Gasteiger partial charge in [0.25, 0.3) is 0 Å². The smallest absolute Gasteiger partial charge is 0.126 e. The highest BCUT2D eigenvalue weighted by molar-refractivity contribution is 5.63. The van der Waals surface area contributed by atoms with Crippen molar-refractivity contribution in [1.82, 2.24) is 0 Å². The van der Waals surface area contributed by atoms with E-state index in [1.54, 1.807) is 5.57 Å². The Morgan fingerprint density at radius 2 is 1.52 bits per heavy atom. The summed E-state index contributed by atoms with van der Waals surface area (Å²) in [5.41, 5.74) is 2.97. The lowest BCUT2D eigenvalue weighted by molar-refractivity contribution is -0.231. The lowest BCUT2D eigenvalue weighted by atomic mass is 9.31. The zero-order chi connectivity index (χ0) is 22.4. The minimum atomic E-state index is -0.0828. The topological polar surface area (TPSA) is 17.1 Å². The summed E-state index contributed by atoms with van der Waals surface area (Å²) >= 11 is 0. The van der Waals surface area contributed by atoms with Gasteiger partial charge in [-0.3, -0.25) is 0 Å². The highest BCUT2D eigenvalue weighted by atomic mass is 16.1. The summed E-state index contributed by atoms with van der Waals surface area (Å²) in [6.07, 6.45) is 17.0. The molecule has 0 aromatic rings. The number of aldehydes is 1. The van der Waals surface area contributed by atoms with Crippen LogP contribution >= 0.6 is 0 Å². The van der Waals surface area contributed by atoms with E-state index in [1.165, 1.54) is 64.1 Å². The van der Waals surface area contributed by atoms with Crippen LogP contribution in [0.25, 0.3) is 0 Å². The number of allylic oxidation sites excluding steroid dienone is 2. The first kappa shape index (κ1) is 22.2. The van der Waals surface area contributed by atoms with E-state index in [-0.39, 0.29) is 10.8 Å². The Hall–Kier alpha value is -0.590. The van der Waals surface area contributed by atoms with E-state index < -0.39 is 0 Å². The minimum Gasteiger partial charge on any atom is -0.303 e. The van der Waals surface area contributed by atoms with E-state index in [1.807, 2.05) is 0 Å². The summed E-state index contributed by atoms with van der Waals surface area (Å²) in [6, 6.07) is 0. The van der Waals surface area contributed by atoms with Crippen LogP contribution in [0.5, 0.6) is 0 Å². The quantitative estimate of drug-likeness (QED) is 0.322. The monoisotopic (exact) mass is 424 g/mol. The zero-order valence-corrected chi connectivity index (χ0v) is 21.5. The summed E-state index contributed by atoms with van der Waals surface area (Å²) in [6.45, 7) is 17.8. The van der Waals surface area contributed by atoms with Crippen molar-refractivity contribution in [3.05, 3.63) is 11.6 Å². The minimum absolute atomic E-state index is 0.0828. The molecule has 5 rings (SSSR count). The summed E-state index contributed by atoms with van der Waals surface area (Å²) < 4.78 is 0. The van der Waals surface area contributed by atoms with E-state index in [0.717, 1.165) is 24.2 Å². The Balaban J connectivity index is 1.57. The van der Waals surface area contributed by atoms with E-state index in [9.17, 15) is 4.79 Å². The average molecular weight is 425 g/mol. The molecule has 0 amide bonds. The maximum atomic E-state index is 13.2. The summed E-state index contributed by atoms with van der Waals surface area (Å²) in [7, 11) is 0. The SMILES string of the molecule is CC1=CCCC2[C@]3(C=O)CC[C@@]4(C)C5CC[C@H](C(C)C)[C@@]5(C)CC[C@]4(C)C3CC[C@]12C. The second-order valence-corrected chi connectivity index (χ2v) is 14.1. The van der Waals surface area contributed by atoms with Crippen LogP contribution in [-0.4, -0.2) is 6.29 Å². The van der Waals surface area contributed by atoms with E-state index in [0.29, 0.717) is 28.1 Å². The van der Waals surface area contributed by atoms with Crippen LogP contribution in [0.3, 0.4) is 0 Å². The maximum absolute atomic E-state index is 13.2. The predicted molar refractivity (Wildman–Crippen MR) is 130 cm³/mol. The summed E-state index contributed by atoms with van der Waals surface area (Å²) in [5, 5.41) is 0. The van der Waals surface area contributed by atoms with Gasteiger partial charge in [-0.05, 0) is 122 Å². The maximum Gasteiger partial charge on any atom is 0.126 e. The molecule has 0 heterocycles. The molecule has 31 heavy (non-hydrogen) atoms. The summed E-state index contributed by atoms with van der Waals surface area (Å²) in [4.78, 5) is 13.2. The first-order chi connectivity index (χ1) is 14.5. The zero-order valence-electron chi connectivity index (χ0n) is 21.5. The first-order valence-corrected chi connectivity index (χ1v) is 13.6. The van der Waals surface area contributed by atoms with Crippen molar-refractivity contribution >= 4 is 6.29 Å². The van der Waals surface area contributed by atoms with E-state index in [4.69, 9.17) is 0 Å². The van der Waals surface area contributed by atoms with Gasteiger partial charge >= 0.3 is 0 Å². The molecule has 5 aliphatic rings. The van der Waals surface area contributed by atoms with Crippen LogP contribution in [0, 0.1) is 56.7 Å². The fourth-order valence-corrected chi connectivity index (χ4v) is 11.5. The third-order valence-electron chi connectivity index (χ3n) is 13.4. The van der Waals surface area contributed by atoms with Crippen molar-refractivity contribution in [1.29, 1.82) is 0 Å². The van der Waals surface area contributed by atoms with Gasteiger partial charge in [-0.1, -0.05) is 53.2 Å². The molecular weight excluding hydrogens is 376 g/mol. The molecule has 0 saturated heterocycles. The highest BCUT2D eigenvalue weighted by Crippen LogP contribution is 2.78. The van der Waals surface area contributed by atoms with Gasteiger partial charge in [0.2, 0.25) is 0 Å².